The van der Waals surface area contributed by atoms with Crippen molar-refractivity contribution in [2.75, 3.05) is 14.2 Å². The Labute approximate surface area is 166 Å². The lowest BCUT2D eigenvalue weighted by molar-refractivity contribution is 0.306. The molecule has 0 aliphatic rings. The van der Waals surface area contributed by atoms with E-state index in [1.807, 2.05) is 42.5 Å². The fourth-order valence-corrected chi connectivity index (χ4v) is 3.22. The van der Waals surface area contributed by atoms with E-state index >= 15 is 0 Å². The lowest BCUT2D eigenvalue weighted by Crippen LogP contribution is -1.97. The maximum Gasteiger partial charge on any atom is 0.131 e. The average Bonchev–Trinajstić information content (AvgIpc) is 2.73. The van der Waals surface area contributed by atoms with Gasteiger partial charge in [-0.3, -0.25) is 0 Å². The van der Waals surface area contributed by atoms with E-state index in [1.165, 1.54) is 6.07 Å². The van der Waals surface area contributed by atoms with Crippen LogP contribution < -0.4 is 14.2 Å². The molecule has 3 aromatic rings. The molecule has 5 heteroatoms. The van der Waals surface area contributed by atoms with Crippen LogP contribution in [0.1, 0.15) is 11.1 Å². The molecule has 27 heavy (non-hydrogen) atoms. The third-order valence-corrected chi connectivity index (χ3v) is 4.85. The Morgan fingerprint density at radius 1 is 0.778 bits per heavy atom. The first-order valence-corrected chi connectivity index (χ1v) is 9.55. The number of ether oxygens (including phenoxy) is 3. The number of hydrogen-bond donors (Lipinski definition) is 0. The maximum absolute atomic E-state index is 14.3. The zero-order valence-electron chi connectivity index (χ0n) is 15.2. The van der Waals surface area contributed by atoms with Gasteiger partial charge in [0.2, 0.25) is 0 Å². The topological polar surface area (TPSA) is 27.7 Å². The minimum Gasteiger partial charge on any atom is -0.497 e. The van der Waals surface area contributed by atoms with Crippen LogP contribution in [-0.4, -0.2) is 14.2 Å². The quantitative estimate of drug-likeness (QED) is 0.431. The van der Waals surface area contributed by atoms with Gasteiger partial charge in [-0.2, -0.15) is 0 Å². The van der Waals surface area contributed by atoms with Crippen LogP contribution in [0, 0.1) is 5.82 Å². The summed E-state index contributed by atoms with van der Waals surface area (Å²) in [5, 5.41) is 0.582. The van der Waals surface area contributed by atoms with Crippen molar-refractivity contribution < 1.29 is 18.6 Å². The second-order valence-corrected chi connectivity index (χ2v) is 6.50. The first-order chi connectivity index (χ1) is 13.1. The SMILES string of the molecule is COc1ccc(COc2ccc(-c3cc(OC)ccc3F)c(CBr)c2)cc1. The fourth-order valence-electron chi connectivity index (χ4n) is 2.76. The first-order valence-electron chi connectivity index (χ1n) is 8.43. The summed E-state index contributed by atoms with van der Waals surface area (Å²) < 4.78 is 30.6. The highest BCUT2D eigenvalue weighted by Gasteiger charge is 2.12. The molecular weight excluding hydrogens is 411 g/mol. The molecule has 0 fully saturated rings. The number of alkyl halides is 1. The highest BCUT2D eigenvalue weighted by Crippen LogP contribution is 2.33. The van der Waals surface area contributed by atoms with Crippen LogP contribution in [0.5, 0.6) is 17.2 Å². The lowest BCUT2D eigenvalue weighted by atomic mass is 9.99. The fraction of sp³-hybridized carbons (Fsp3) is 0.182. The smallest absolute Gasteiger partial charge is 0.131 e. The number of benzene rings is 3. The van der Waals surface area contributed by atoms with Crippen molar-refractivity contribution in [3.8, 4) is 28.4 Å². The number of rotatable bonds is 7. The maximum atomic E-state index is 14.3. The summed E-state index contributed by atoms with van der Waals surface area (Å²) in [6.07, 6.45) is 0. The molecule has 3 nitrogen and oxygen atoms in total. The lowest BCUT2D eigenvalue weighted by Gasteiger charge is -2.13. The van der Waals surface area contributed by atoms with E-state index in [9.17, 15) is 4.39 Å². The molecule has 3 rings (SSSR count). The predicted molar refractivity (Wildman–Crippen MR) is 108 cm³/mol. The van der Waals surface area contributed by atoms with E-state index in [0.717, 1.165) is 28.2 Å². The zero-order valence-corrected chi connectivity index (χ0v) is 16.8. The highest BCUT2D eigenvalue weighted by molar-refractivity contribution is 9.08. The van der Waals surface area contributed by atoms with Gasteiger partial charge in [0.25, 0.3) is 0 Å². The molecule has 0 saturated heterocycles. The molecule has 0 spiro atoms. The van der Waals surface area contributed by atoms with Gasteiger partial charge in [0.1, 0.15) is 29.7 Å². The van der Waals surface area contributed by atoms with Crippen LogP contribution in [0.15, 0.2) is 60.7 Å². The molecule has 0 atom stereocenters. The normalized spacial score (nSPS) is 10.5. The van der Waals surface area contributed by atoms with Crippen LogP contribution in [0.25, 0.3) is 11.1 Å². The Bertz CT molecular complexity index is 910. The number of hydrogen-bond acceptors (Lipinski definition) is 3. The summed E-state index contributed by atoms with van der Waals surface area (Å²) in [6, 6.07) is 18.1. The minimum absolute atomic E-state index is 0.287. The number of methoxy groups -OCH3 is 2. The molecule has 0 aromatic heterocycles. The van der Waals surface area contributed by atoms with Gasteiger partial charge in [0, 0.05) is 10.9 Å². The largest absolute Gasteiger partial charge is 0.497 e. The van der Waals surface area contributed by atoms with E-state index in [2.05, 4.69) is 15.9 Å². The summed E-state index contributed by atoms with van der Waals surface area (Å²) in [4.78, 5) is 0. The van der Waals surface area contributed by atoms with Gasteiger partial charge in [-0.15, -0.1) is 0 Å². The van der Waals surface area contributed by atoms with Gasteiger partial charge < -0.3 is 14.2 Å². The van der Waals surface area contributed by atoms with Gasteiger partial charge in [-0.05, 0) is 59.2 Å². The molecule has 0 radical (unpaired) electrons. The summed E-state index contributed by atoms with van der Waals surface area (Å²) in [7, 11) is 3.21. The van der Waals surface area contributed by atoms with Crippen molar-refractivity contribution in [2.45, 2.75) is 11.9 Å². The second kappa shape index (κ2) is 8.91. The Hall–Kier alpha value is -2.53. The van der Waals surface area contributed by atoms with Crippen LogP contribution in [0.2, 0.25) is 0 Å². The van der Waals surface area contributed by atoms with Crippen molar-refractivity contribution in [1.29, 1.82) is 0 Å². The Kier molecular flexibility index (Phi) is 6.35. The molecular formula is C22H20BrFO3. The van der Waals surface area contributed by atoms with Crippen molar-refractivity contribution in [2.24, 2.45) is 0 Å². The molecule has 0 bridgehead atoms. The summed E-state index contributed by atoms with van der Waals surface area (Å²) in [5.74, 6) is 1.87. The average molecular weight is 431 g/mol. The van der Waals surface area contributed by atoms with Crippen molar-refractivity contribution >= 4 is 15.9 Å². The van der Waals surface area contributed by atoms with Crippen molar-refractivity contribution in [3.05, 3.63) is 77.6 Å². The number of halogens is 2. The first kappa shape index (κ1) is 19.2. The molecule has 140 valence electrons. The van der Waals surface area contributed by atoms with E-state index in [1.54, 1.807) is 26.4 Å². The summed E-state index contributed by atoms with van der Waals surface area (Å²) in [6.45, 7) is 0.443. The van der Waals surface area contributed by atoms with Crippen molar-refractivity contribution in [1.82, 2.24) is 0 Å². The molecule has 0 heterocycles. The third-order valence-electron chi connectivity index (χ3n) is 4.25. The van der Waals surface area contributed by atoms with E-state index in [-0.39, 0.29) is 5.82 Å². The standard InChI is InChI=1S/C22H20BrFO3/c1-25-17-5-3-15(4-6-17)14-27-19-7-9-20(16(11-19)13-23)21-12-18(26-2)8-10-22(21)24/h3-12H,13-14H2,1-2H3. The molecule has 0 N–H and O–H groups in total. The van der Waals surface area contributed by atoms with Gasteiger partial charge in [0.15, 0.2) is 0 Å². The third kappa shape index (κ3) is 4.61. The van der Waals surface area contributed by atoms with Crippen LogP contribution in [0.3, 0.4) is 0 Å². The monoisotopic (exact) mass is 430 g/mol. The predicted octanol–water partition coefficient (Wildman–Crippen LogP) is 5.98. The van der Waals surface area contributed by atoms with Gasteiger partial charge in [-0.25, -0.2) is 4.39 Å². The summed E-state index contributed by atoms with van der Waals surface area (Å²) >= 11 is 3.49. The Morgan fingerprint density at radius 3 is 2.11 bits per heavy atom. The molecule has 0 unspecified atom stereocenters. The zero-order chi connectivity index (χ0) is 19.2. The van der Waals surface area contributed by atoms with Crippen LogP contribution in [-0.2, 0) is 11.9 Å². The molecule has 0 amide bonds. The molecule has 0 saturated carbocycles. The van der Waals surface area contributed by atoms with Gasteiger partial charge in [0.05, 0.1) is 14.2 Å². The highest BCUT2D eigenvalue weighted by atomic mass is 79.9. The van der Waals surface area contributed by atoms with Crippen LogP contribution >= 0.6 is 15.9 Å². The van der Waals surface area contributed by atoms with Crippen molar-refractivity contribution in [3.63, 3.8) is 0 Å². The molecule has 0 aliphatic carbocycles. The van der Waals surface area contributed by atoms with E-state index in [0.29, 0.717) is 23.2 Å². The van der Waals surface area contributed by atoms with Gasteiger partial charge in [-0.1, -0.05) is 34.1 Å². The van der Waals surface area contributed by atoms with E-state index in [4.69, 9.17) is 14.2 Å². The Morgan fingerprint density at radius 2 is 1.44 bits per heavy atom. The van der Waals surface area contributed by atoms with E-state index < -0.39 is 0 Å². The van der Waals surface area contributed by atoms with Crippen LogP contribution in [0.4, 0.5) is 4.39 Å². The van der Waals surface area contributed by atoms with Gasteiger partial charge >= 0.3 is 0 Å². The molecule has 3 aromatic carbocycles. The minimum atomic E-state index is -0.287. The second-order valence-electron chi connectivity index (χ2n) is 5.94. The molecule has 0 aliphatic heterocycles. The Balaban J connectivity index is 1.81. The summed E-state index contributed by atoms with van der Waals surface area (Å²) in [5.41, 5.74) is 3.29.